The van der Waals surface area contributed by atoms with Crippen molar-refractivity contribution in [2.24, 2.45) is 0 Å². The molecule has 0 aliphatic carbocycles. The molecule has 2 aromatic rings. The minimum Gasteiger partial charge on any atom is -0.466 e. The van der Waals surface area contributed by atoms with Crippen LogP contribution in [0, 0.1) is 0 Å². The van der Waals surface area contributed by atoms with E-state index in [4.69, 9.17) is 14.2 Å². The molecule has 0 aliphatic rings. The number of aliphatic hydroxyl groups excluding tert-OH is 1. The van der Waals surface area contributed by atoms with Gasteiger partial charge < -0.3 is 24.1 Å². The first kappa shape index (κ1) is 27.0. The fourth-order valence-electron chi connectivity index (χ4n) is 2.94. The quantitative estimate of drug-likeness (QED) is 0.354. The Labute approximate surface area is 200 Å². The third kappa shape index (κ3) is 10.1. The molecule has 0 aliphatic heterocycles. The summed E-state index contributed by atoms with van der Waals surface area (Å²) >= 11 is 0. The van der Waals surface area contributed by atoms with E-state index >= 15 is 0 Å². The Morgan fingerprint density at radius 1 is 0.794 bits per heavy atom. The summed E-state index contributed by atoms with van der Waals surface area (Å²) in [6, 6.07) is 19.0. The van der Waals surface area contributed by atoms with Gasteiger partial charge in [-0.2, -0.15) is 0 Å². The first-order chi connectivity index (χ1) is 16.4. The van der Waals surface area contributed by atoms with Crippen molar-refractivity contribution in [3.8, 4) is 0 Å². The highest BCUT2D eigenvalue weighted by Gasteiger charge is 2.20. The number of carbonyl (C=O) groups is 2. The monoisotopic (exact) mass is 468 g/mol. The van der Waals surface area contributed by atoms with Gasteiger partial charge in [0.1, 0.15) is 18.3 Å². The molecule has 1 N–H and O–H groups in total. The lowest BCUT2D eigenvalue weighted by atomic mass is 10.2. The second-order valence-corrected chi connectivity index (χ2v) is 7.65. The molecule has 0 radical (unpaired) electrons. The van der Waals surface area contributed by atoms with E-state index in [0.717, 1.165) is 11.1 Å². The van der Waals surface area contributed by atoms with E-state index in [1.807, 2.05) is 60.7 Å². The fourth-order valence-corrected chi connectivity index (χ4v) is 2.94. The average molecular weight is 469 g/mol. The maximum atomic E-state index is 12.4. The van der Waals surface area contributed by atoms with Gasteiger partial charge in [0.15, 0.2) is 0 Å². The van der Waals surface area contributed by atoms with E-state index in [9.17, 15) is 14.7 Å². The molecule has 4 atom stereocenters. The summed E-state index contributed by atoms with van der Waals surface area (Å²) in [7, 11) is 1.28. The van der Waals surface area contributed by atoms with E-state index in [-0.39, 0.29) is 6.61 Å². The van der Waals surface area contributed by atoms with Crippen molar-refractivity contribution in [2.75, 3.05) is 7.11 Å². The van der Waals surface area contributed by atoms with Gasteiger partial charge in [0, 0.05) is 12.2 Å². The summed E-state index contributed by atoms with van der Waals surface area (Å²) in [5, 5.41) is 10.00. The third-order valence-electron chi connectivity index (χ3n) is 4.86. The smallest absolute Gasteiger partial charge is 0.330 e. The zero-order chi connectivity index (χ0) is 24.8. The summed E-state index contributed by atoms with van der Waals surface area (Å²) in [4.78, 5) is 23.9. The van der Waals surface area contributed by atoms with E-state index in [1.54, 1.807) is 13.8 Å². The van der Waals surface area contributed by atoms with Crippen LogP contribution in [0.25, 0.3) is 0 Å². The van der Waals surface area contributed by atoms with Gasteiger partial charge in [-0.3, -0.25) is 0 Å². The van der Waals surface area contributed by atoms with Crippen molar-refractivity contribution >= 4 is 11.9 Å². The number of aliphatic hydroxyl groups is 1. The largest absolute Gasteiger partial charge is 0.466 e. The van der Waals surface area contributed by atoms with Crippen LogP contribution in [0.3, 0.4) is 0 Å². The van der Waals surface area contributed by atoms with Crippen LogP contribution in [0.4, 0.5) is 0 Å². The van der Waals surface area contributed by atoms with Gasteiger partial charge in [0.25, 0.3) is 0 Å². The second kappa shape index (κ2) is 14.8. The van der Waals surface area contributed by atoms with E-state index < -0.39 is 36.4 Å². The van der Waals surface area contributed by atoms with E-state index in [0.29, 0.717) is 6.61 Å². The molecule has 0 bridgehead atoms. The maximum Gasteiger partial charge on any atom is 0.330 e. The number of rotatable bonds is 13. The Morgan fingerprint density at radius 3 is 1.76 bits per heavy atom. The maximum absolute atomic E-state index is 12.4. The van der Waals surface area contributed by atoms with Crippen LogP contribution in [-0.2, 0) is 41.8 Å². The number of esters is 2. The lowest BCUT2D eigenvalue weighted by Crippen LogP contribution is -2.30. The summed E-state index contributed by atoms with van der Waals surface area (Å²) < 4.78 is 21.7. The number of hydrogen-bond acceptors (Lipinski definition) is 7. The number of carbonyl (C=O) groups excluding carboxylic acids is 2. The summed E-state index contributed by atoms with van der Waals surface area (Å²) in [6.07, 6.45) is 2.52. The van der Waals surface area contributed by atoms with Crippen molar-refractivity contribution in [1.82, 2.24) is 0 Å². The molecule has 2 rings (SSSR count). The van der Waals surface area contributed by atoms with Crippen LogP contribution in [0.1, 0.15) is 25.0 Å². The van der Waals surface area contributed by atoms with Crippen LogP contribution in [-0.4, -0.2) is 48.6 Å². The van der Waals surface area contributed by atoms with Crippen molar-refractivity contribution in [1.29, 1.82) is 0 Å². The van der Waals surface area contributed by atoms with Crippen molar-refractivity contribution < 1.29 is 33.6 Å². The first-order valence-corrected chi connectivity index (χ1v) is 11.0. The average Bonchev–Trinajstić information content (AvgIpc) is 2.84. The van der Waals surface area contributed by atoms with Crippen LogP contribution >= 0.6 is 0 Å². The van der Waals surface area contributed by atoms with Crippen molar-refractivity contribution in [2.45, 2.75) is 51.5 Å². The molecule has 0 unspecified atom stereocenters. The van der Waals surface area contributed by atoms with Crippen LogP contribution in [0.15, 0.2) is 85.0 Å². The van der Waals surface area contributed by atoms with Gasteiger partial charge in [-0.25, -0.2) is 9.59 Å². The minimum atomic E-state index is -0.824. The highest BCUT2D eigenvalue weighted by Crippen LogP contribution is 2.12. The van der Waals surface area contributed by atoms with Gasteiger partial charge in [-0.05, 0) is 37.1 Å². The number of hydrogen-bond donors (Lipinski definition) is 1. The van der Waals surface area contributed by atoms with Gasteiger partial charge >= 0.3 is 11.9 Å². The highest BCUT2D eigenvalue weighted by atomic mass is 16.6. The molecular weight excluding hydrogens is 436 g/mol. The van der Waals surface area contributed by atoms with Crippen LogP contribution in [0.5, 0.6) is 0 Å². The van der Waals surface area contributed by atoms with Gasteiger partial charge in [-0.15, -0.1) is 0 Å². The van der Waals surface area contributed by atoms with Gasteiger partial charge in [0.05, 0.1) is 26.4 Å². The summed E-state index contributed by atoms with van der Waals surface area (Å²) in [5.41, 5.74) is 1.89. The topological polar surface area (TPSA) is 91.3 Å². The molecule has 34 heavy (non-hydrogen) atoms. The Hall–Kier alpha value is -3.26. The molecular formula is C27H32O7. The Bertz CT molecular complexity index is 923. The standard InChI is InChI=1S/C27H32O7/c1-20(28)24(32-18-22-10-6-4-7-11-22)14-17-27(30)34-21(2)25(15-16-26(29)31-3)33-19-23-12-8-5-9-13-23/h4-17,20-21,24-25,28H,18-19H2,1-3H3/b16-15+,17-14+/t20-,21-,24+,25+/m0/s1. The van der Waals surface area contributed by atoms with Crippen molar-refractivity contribution in [3.63, 3.8) is 0 Å². The third-order valence-corrected chi connectivity index (χ3v) is 4.86. The normalized spacial score (nSPS) is 15.1. The zero-order valence-corrected chi connectivity index (χ0v) is 19.7. The predicted octanol–water partition coefficient (Wildman–Crippen LogP) is 3.76. The molecule has 2 aromatic carbocycles. The van der Waals surface area contributed by atoms with Crippen LogP contribution < -0.4 is 0 Å². The number of methoxy groups -OCH3 is 1. The number of ether oxygens (including phenoxy) is 4. The molecule has 7 nitrogen and oxygen atoms in total. The predicted molar refractivity (Wildman–Crippen MR) is 128 cm³/mol. The fraction of sp³-hybridized carbons (Fsp3) is 0.333. The lowest BCUT2D eigenvalue weighted by Gasteiger charge is -2.22. The molecule has 0 aromatic heterocycles. The molecule has 182 valence electrons. The zero-order valence-electron chi connectivity index (χ0n) is 19.7. The molecule has 7 heteroatoms. The lowest BCUT2D eigenvalue weighted by molar-refractivity contribution is -0.148. The second-order valence-electron chi connectivity index (χ2n) is 7.65. The molecule has 0 saturated carbocycles. The summed E-state index contributed by atoms with van der Waals surface area (Å²) in [6.45, 7) is 3.81. The Kier molecular flexibility index (Phi) is 11.7. The number of benzene rings is 2. The first-order valence-electron chi connectivity index (χ1n) is 11.0. The molecule has 0 saturated heterocycles. The van der Waals surface area contributed by atoms with Crippen LogP contribution in [0.2, 0.25) is 0 Å². The van der Waals surface area contributed by atoms with Crippen molar-refractivity contribution in [3.05, 3.63) is 96.1 Å². The Morgan fingerprint density at radius 2 is 1.26 bits per heavy atom. The molecule has 0 amide bonds. The summed E-state index contributed by atoms with van der Waals surface area (Å²) in [5.74, 6) is -1.16. The Balaban J connectivity index is 1.97. The molecule has 0 heterocycles. The van der Waals surface area contributed by atoms with E-state index in [1.165, 1.54) is 31.4 Å². The SMILES string of the molecule is COC(=O)/C=C/[C@@H](OCc1ccccc1)[C@H](C)OC(=O)/C=C/[C@@H](OCc1ccccc1)[C@H](C)O. The highest BCUT2D eigenvalue weighted by molar-refractivity contribution is 5.82. The van der Waals surface area contributed by atoms with Gasteiger partial charge in [0.2, 0.25) is 0 Å². The van der Waals surface area contributed by atoms with Gasteiger partial charge in [-0.1, -0.05) is 60.7 Å². The minimum absolute atomic E-state index is 0.270. The molecule has 0 fully saturated rings. The molecule has 0 spiro atoms. The van der Waals surface area contributed by atoms with E-state index in [2.05, 4.69) is 4.74 Å².